The number of halogens is 1. The molecule has 0 spiro atoms. The Labute approximate surface area is 167 Å². The summed E-state index contributed by atoms with van der Waals surface area (Å²) < 4.78 is 17.0. The second kappa shape index (κ2) is 7.08. The summed E-state index contributed by atoms with van der Waals surface area (Å²) in [5.41, 5.74) is 5.78. The minimum atomic E-state index is -0.863. The minimum Gasteiger partial charge on any atom is -0.327 e. The number of carbonyl (C=O) groups excluding carboxylic acids is 1. The van der Waals surface area contributed by atoms with Gasteiger partial charge >= 0.3 is 0 Å². The summed E-state index contributed by atoms with van der Waals surface area (Å²) in [5.74, 6) is -1.54. The van der Waals surface area contributed by atoms with E-state index in [0.29, 0.717) is 29.3 Å². The third-order valence-electron chi connectivity index (χ3n) is 6.05. The molecule has 1 aliphatic carbocycles. The molecule has 148 valence electrons. The van der Waals surface area contributed by atoms with Gasteiger partial charge in [0.2, 0.25) is 0 Å². The van der Waals surface area contributed by atoms with Gasteiger partial charge in [0.25, 0.3) is 5.91 Å². The van der Waals surface area contributed by atoms with Gasteiger partial charge in [-0.2, -0.15) is 0 Å². The molecule has 0 bridgehead atoms. The number of carbonyl (C=O) groups is 1. The fourth-order valence-electron chi connectivity index (χ4n) is 4.64. The molecule has 7 heteroatoms. The number of imidazole rings is 1. The van der Waals surface area contributed by atoms with Crippen molar-refractivity contribution in [1.29, 1.82) is 0 Å². The minimum absolute atomic E-state index is 0.161. The van der Waals surface area contributed by atoms with Crippen molar-refractivity contribution >= 4 is 28.8 Å². The van der Waals surface area contributed by atoms with E-state index >= 15 is 0 Å². The number of aliphatic imine (C=N–C) groups is 1. The molecule has 1 aromatic heterocycles. The molecular formula is C22H21FN4O2. The van der Waals surface area contributed by atoms with E-state index in [4.69, 9.17) is 5.21 Å². The van der Waals surface area contributed by atoms with Crippen molar-refractivity contribution in [2.45, 2.75) is 44.6 Å². The van der Waals surface area contributed by atoms with Crippen molar-refractivity contribution in [3.63, 3.8) is 0 Å². The first-order chi connectivity index (χ1) is 14.2. The number of rotatable bonds is 3. The van der Waals surface area contributed by atoms with Crippen LogP contribution in [-0.2, 0) is 6.42 Å². The summed E-state index contributed by atoms with van der Waals surface area (Å²) >= 11 is 0. The number of hydroxylamine groups is 1. The third kappa shape index (κ3) is 2.93. The average Bonchev–Trinajstić information content (AvgIpc) is 3.40. The highest BCUT2D eigenvalue weighted by atomic mass is 19.1. The molecule has 0 saturated heterocycles. The van der Waals surface area contributed by atoms with Crippen molar-refractivity contribution in [3.8, 4) is 11.1 Å². The smallest absolute Gasteiger partial charge is 0.277 e. The fraction of sp³-hybridized carbons (Fsp3) is 0.318. The number of nitrogens with zero attached hydrogens (tertiary/aromatic N) is 3. The summed E-state index contributed by atoms with van der Waals surface area (Å²) in [5, 5.41) is 8.94. The van der Waals surface area contributed by atoms with E-state index in [9.17, 15) is 9.18 Å². The van der Waals surface area contributed by atoms with Crippen LogP contribution in [0.4, 0.5) is 10.1 Å². The molecule has 1 amide bonds. The van der Waals surface area contributed by atoms with Gasteiger partial charge < -0.3 is 4.57 Å². The van der Waals surface area contributed by atoms with Crippen LogP contribution in [0.15, 0.2) is 35.6 Å². The molecule has 1 saturated carbocycles. The molecule has 0 radical (unpaired) electrons. The van der Waals surface area contributed by atoms with Crippen molar-refractivity contribution in [1.82, 2.24) is 15.0 Å². The highest BCUT2D eigenvalue weighted by Gasteiger charge is 2.26. The molecule has 1 aliphatic heterocycles. The van der Waals surface area contributed by atoms with E-state index < -0.39 is 11.7 Å². The van der Waals surface area contributed by atoms with E-state index in [1.165, 1.54) is 43.7 Å². The fourth-order valence-corrected chi connectivity index (χ4v) is 4.64. The number of benzene rings is 2. The molecule has 0 unspecified atom stereocenters. The highest BCUT2D eigenvalue weighted by Crippen LogP contribution is 2.40. The summed E-state index contributed by atoms with van der Waals surface area (Å²) in [6, 6.07) is 7.73. The third-order valence-corrected chi connectivity index (χ3v) is 6.05. The Morgan fingerprint density at radius 1 is 1.21 bits per heavy atom. The molecule has 2 aromatic carbocycles. The van der Waals surface area contributed by atoms with Crippen molar-refractivity contribution in [2.75, 3.05) is 0 Å². The van der Waals surface area contributed by atoms with Crippen LogP contribution in [0.1, 0.15) is 54.1 Å². The van der Waals surface area contributed by atoms with Crippen LogP contribution >= 0.6 is 0 Å². The monoisotopic (exact) mass is 392 g/mol. The largest absolute Gasteiger partial charge is 0.327 e. The van der Waals surface area contributed by atoms with E-state index in [2.05, 4.69) is 14.5 Å². The maximum atomic E-state index is 14.7. The van der Waals surface area contributed by atoms with Crippen LogP contribution in [0.2, 0.25) is 0 Å². The number of aromatic nitrogens is 2. The Morgan fingerprint density at radius 3 is 2.83 bits per heavy atom. The van der Waals surface area contributed by atoms with Crippen LogP contribution in [0, 0.1) is 5.82 Å². The number of hydrogen-bond donors (Lipinski definition) is 2. The molecule has 0 atom stereocenters. The molecular weight excluding hydrogens is 371 g/mol. The SMILES string of the molecule is O=C(NO)c1c(F)cc(-c2ccc3c(c2)ncn3C2CCCCC2)c2c1CC=N2. The molecule has 5 rings (SSSR count). The van der Waals surface area contributed by atoms with Gasteiger partial charge in [-0.1, -0.05) is 25.3 Å². The van der Waals surface area contributed by atoms with Gasteiger partial charge in [0.15, 0.2) is 0 Å². The lowest BCUT2D eigenvalue weighted by Gasteiger charge is -2.23. The lowest BCUT2D eigenvalue weighted by atomic mass is 9.94. The zero-order valence-corrected chi connectivity index (χ0v) is 15.9. The van der Waals surface area contributed by atoms with Crippen molar-refractivity contribution in [3.05, 3.63) is 47.5 Å². The molecule has 2 N–H and O–H groups in total. The van der Waals surface area contributed by atoms with Crippen LogP contribution in [-0.4, -0.2) is 26.9 Å². The summed E-state index contributed by atoms with van der Waals surface area (Å²) in [7, 11) is 0. The van der Waals surface area contributed by atoms with E-state index in [1.54, 1.807) is 6.21 Å². The van der Waals surface area contributed by atoms with Crippen molar-refractivity contribution in [2.24, 2.45) is 4.99 Å². The summed E-state index contributed by atoms with van der Waals surface area (Å²) in [4.78, 5) is 20.9. The molecule has 2 heterocycles. The Morgan fingerprint density at radius 2 is 2.03 bits per heavy atom. The van der Waals surface area contributed by atoms with E-state index in [1.807, 2.05) is 24.5 Å². The Kier molecular flexibility index (Phi) is 4.39. The Balaban J connectivity index is 1.60. The second-order valence-corrected chi connectivity index (χ2v) is 7.71. The first kappa shape index (κ1) is 18.0. The van der Waals surface area contributed by atoms with Crippen LogP contribution in [0.3, 0.4) is 0 Å². The number of fused-ring (bicyclic) bond motifs is 2. The first-order valence-corrected chi connectivity index (χ1v) is 9.96. The van der Waals surface area contributed by atoms with Gasteiger partial charge in [-0.05, 0) is 42.2 Å². The van der Waals surface area contributed by atoms with Gasteiger partial charge in [0.05, 0.1) is 28.6 Å². The molecule has 1 fully saturated rings. The Bertz CT molecular complexity index is 1150. The van der Waals surface area contributed by atoms with Gasteiger partial charge in [-0.25, -0.2) is 14.9 Å². The first-order valence-electron chi connectivity index (χ1n) is 9.96. The lowest BCUT2D eigenvalue weighted by molar-refractivity contribution is 0.0701. The second-order valence-electron chi connectivity index (χ2n) is 7.71. The van der Waals surface area contributed by atoms with Gasteiger partial charge in [0.1, 0.15) is 5.82 Å². The summed E-state index contributed by atoms with van der Waals surface area (Å²) in [6.45, 7) is 0. The number of amides is 1. The predicted octanol–water partition coefficient (Wildman–Crippen LogP) is 4.73. The highest BCUT2D eigenvalue weighted by molar-refractivity contribution is 6.02. The lowest BCUT2D eigenvalue weighted by Crippen LogP contribution is -2.21. The zero-order chi connectivity index (χ0) is 20.0. The molecule has 29 heavy (non-hydrogen) atoms. The van der Waals surface area contributed by atoms with E-state index in [-0.39, 0.29) is 5.56 Å². The van der Waals surface area contributed by atoms with Crippen LogP contribution in [0.25, 0.3) is 22.2 Å². The predicted molar refractivity (Wildman–Crippen MR) is 108 cm³/mol. The normalized spacial score (nSPS) is 16.3. The topological polar surface area (TPSA) is 79.5 Å². The van der Waals surface area contributed by atoms with Gasteiger partial charge in [0, 0.05) is 24.2 Å². The van der Waals surface area contributed by atoms with Gasteiger partial charge in [-0.3, -0.25) is 15.0 Å². The average molecular weight is 392 g/mol. The number of nitrogens with one attached hydrogen (secondary N) is 1. The molecule has 6 nitrogen and oxygen atoms in total. The Hall–Kier alpha value is -3.06. The quantitative estimate of drug-likeness (QED) is 0.500. The van der Waals surface area contributed by atoms with Crippen LogP contribution in [0.5, 0.6) is 0 Å². The van der Waals surface area contributed by atoms with Gasteiger partial charge in [-0.15, -0.1) is 0 Å². The number of hydrogen-bond acceptors (Lipinski definition) is 4. The van der Waals surface area contributed by atoms with E-state index in [0.717, 1.165) is 16.6 Å². The maximum absolute atomic E-state index is 14.7. The molecule has 3 aromatic rings. The standard InChI is InChI=1S/C22H21FN4O2/c23-17-11-16(21-15(8-9-24-21)20(17)22(28)26-29)13-6-7-19-18(10-13)25-12-27(19)14-4-2-1-3-5-14/h6-7,9-12,14,29H,1-5,8H2,(H,26,28). The van der Waals surface area contributed by atoms with Crippen molar-refractivity contribution < 1.29 is 14.4 Å². The zero-order valence-electron chi connectivity index (χ0n) is 15.9. The summed E-state index contributed by atoms with van der Waals surface area (Å²) in [6.07, 6.45) is 10.1. The maximum Gasteiger partial charge on any atom is 0.277 e. The molecule has 2 aliphatic rings. The van der Waals surface area contributed by atoms with Crippen LogP contribution < -0.4 is 5.48 Å².